The summed E-state index contributed by atoms with van der Waals surface area (Å²) in [6.45, 7) is -1.02. The number of carbonyl (C=O) groups is 1. The van der Waals surface area contributed by atoms with E-state index in [0.29, 0.717) is 17.7 Å². The number of urea groups is 1. The van der Waals surface area contributed by atoms with Gasteiger partial charge in [0, 0.05) is 0 Å². The van der Waals surface area contributed by atoms with E-state index in [0.717, 1.165) is 0 Å². The molecule has 2 aromatic rings. The Kier molecular flexibility index (Phi) is 5.70. The maximum atomic E-state index is 13.0. The fourth-order valence-electron chi connectivity index (χ4n) is 3.15. The Balaban J connectivity index is 1.85. The highest BCUT2D eigenvalue weighted by Crippen LogP contribution is 2.36. The molecule has 2 atom stereocenters. The maximum Gasteiger partial charge on any atom is 0.416 e. The number of amides is 2. The van der Waals surface area contributed by atoms with E-state index in [1.807, 2.05) is 0 Å². The van der Waals surface area contributed by atoms with E-state index in [4.69, 9.17) is 4.74 Å². The Morgan fingerprint density at radius 1 is 0.967 bits per heavy atom. The number of hydrogen-bond acceptors (Lipinski definition) is 3. The summed E-state index contributed by atoms with van der Waals surface area (Å²) < 4.78 is 83.3. The molecule has 30 heavy (non-hydrogen) atoms. The second kappa shape index (κ2) is 7.80. The minimum absolute atomic E-state index is 0.0276. The maximum absolute atomic E-state index is 13.0. The van der Waals surface area contributed by atoms with E-state index in [9.17, 15) is 36.2 Å². The first-order valence-corrected chi connectivity index (χ1v) is 8.60. The summed E-state index contributed by atoms with van der Waals surface area (Å²) in [5.41, 5.74) is -4.29. The number of alkyl halides is 6. The Bertz CT molecular complexity index is 884. The topological polar surface area (TPSA) is 70.6 Å². The summed E-state index contributed by atoms with van der Waals surface area (Å²) in [6, 6.07) is 8.59. The Hall–Kier alpha value is -2.79. The van der Waals surface area contributed by atoms with Crippen LogP contribution in [0.4, 0.5) is 31.1 Å². The lowest BCUT2D eigenvalue weighted by Gasteiger charge is -2.31. The van der Waals surface area contributed by atoms with Crippen LogP contribution >= 0.6 is 0 Å². The molecule has 11 heteroatoms. The van der Waals surface area contributed by atoms with Crippen molar-refractivity contribution < 1.29 is 41.0 Å². The quantitative estimate of drug-likeness (QED) is 0.628. The van der Waals surface area contributed by atoms with E-state index in [2.05, 4.69) is 10.6 Å². The molecule has 2 aromatic carbocycles. The van der Waals surface area contributed by atoms with E-state index in [-0.39, 0.29) is 11.6 Å². The molecule has 0 radical (unpaired) electrons. The van der Waals surface area contributed by atoms with Crippen LogP contribution in [-0.2, 0) is 29.2 Å². The number of aliphatic hydroxyl groups is 1. The van der Waals surface area contributed by atoms with Gasteiger partial charge in [0.15, 0.2) is 6.23 Å². The molecule has 2 amide bonds. The van der Waals surface area contributed by atoms with Crippen molar-refractivity contribution in [3.8, 4) is 0 Å². The second-order valence-electron chi connectivity index (χ2n) is 6.75. The monoisotopic (exact) mass is 434 g/mol. The molecule has 162 valence electrons. The van der Waals surface area contributed by atoms with Gasteiger partial charge < -0.3 is 20.5 Å². The summed E-state index contributed by atoms with van der Waals surface area (Å²) in [4.78, 5) is 11.7. The Labute approximate surface area is 166 Å². The predicted molar refractivity (Wildman–Crippen MR) is 91.9 cm³/mol. The van der Waals surface area contributed by atoms with Crippen LogP contribution in [-0.4, -0.2) is 24.0 Å². The number of benzene rings is 2. The van der Waals surface area contributed by atoms with Crippen LogP contribution in [0.3, 0.4) is 0 Å². The lowest BCUT2D eigenvalue weighted by Crippen LogP contribution is -2.50. The van der Waals surface area contributed by atoms with Crippen molar-refractivity contribution >= 4 is 6.03 Å². The zero-order valence-electron chi connectivity index (χ0n) is 15.1. The molecule has 3 N–H and O–H groups in total. The van der Waals surface area contributed by atoms with Crippen LogP contribution in [0.15, 0.2) is 48.5 Å². The number of nitrogens with one attached hydrogen (secondary N) is 2. The summed E-state index contributed by atoms with van der Waals surface area (Å²) in [6.07, 6.45) is -11.4. The standard InChI is InChI=1S/C19H16F6N2O3/c20-18(21,22)13-6-11(7-14(8-13)19(23,24)25)9-30-10-17(12-4-2-1-3-5-12)15(28)26-16(29)27-17/h1-8,15,28H,9-10H2,(H2,26,27,29)/t15-,17+/m0/s1. The molecule has 0 spiro atoms. The third-order valence-electron chi connectivity index (χ3n) is 4.61. The summed E-state index contributed by atoms with van der Waals surface area (Å²) >= 11 is 0. The van der Waals surface area contributed by atoms with E-state index >= 15 is 0 Å². The van der Waals surface area contributed by atoms with Crippen LogP contribution < -0.4 is 10.6 Å². The van der Waals surface area contributed by atoms with Gasteiger partial charge in [-0.15, -0.1) is 0 Å². The first-order valence-electron chi connectivity index (χ1n) is 8.60. The van der Waals surface area contributed by atoms with E-state index < -0.39 is 54.5 Å². The van der Waals surface area contributed by atoms with Crippen LogP contribution in [0.2, 0.25) is 0 Å². The fraction of sp³-hybridized carbons (Fsp3) is 0.316. The van der Waals surface area contributed by atoms with Gasteiger partial charge in [0.2, 0.25) is 0 Å². The molecule has 5 nitrogen and oxygen atoms in total. The minimum atomic E-state index is -4.97. The first kappa shape index (κ1) is 21.9. The molecule has 1 aliphatic rings. The number of aliphatic hydroxyl groups excluding tert-OH is 1. The van der Waals surface area contributed by atoms with Crippen LogP contribution in [0.5, 0.6) is 0 Å². The molecular formula is C19H16F6N2O3. The SMILES string of the molecule is O=C1N[C@@H](O)[C@@](COCc2cc(C(F)(F)F)cc(C(F)(F)F)c2)(c2ccccc2)N1. The lowest BCUT2D eigenvalue weighted by atomic mass is 9.90. The van der Waals surface area contributed by atoms with Gasteiger partial charge in [-0.2, -0.15) is 26.3 Å². The first-order chi connectivity index (χ1) is 13.9. The molecule has 0 aromatic heterocycles. The van der Waals surface area contributed by atoms with Gasteiger partial charge in [0.25, 0.3) is 0 Å². The van der Waals surface area contributed by atoms with Gasteiger partial charge in [0.05, 0.1) is 24.3 Å². The zero-order chi connectivity index (χ0) is 22.2. The van der Waals surface area contributed by atoms with Crippen molar-refractivity contribution in [3.63, 3.8) is 0 Å². The van der Waals surface area contributed by atoms with Gasteiger partial charge in [-0.3, -0.25) is 0 Å². The number of rotatable bonds is 5. The molecule has 0 bridgehead atoms. The minimum Gasteiger partial charge on any atom is -0.374 e. The molecule has 1 aliphatic heterocycles. The van der Waals surface area contributed by atoms with Gasteiger partial charge in [-0.1, -0.05) is 30.3 Å². The molecular weight excluding hydrogens is 418 g/mol. The molecule has 1 fully saturated rings. The average Bonchev–Trinajstić information content (AvgIpc) is 2.95. The van der Waals surface area contributed by atoms with E-state index in [1.165, 1.54) is 0 Å². The second-order valence-corrected chi connectivity index (χ2v) is 6.75. The van der Waals surface area contributed by atoms with Gasteiger partial charge in [-0.05, 0) is 29.3 Å². The molecule has 3 rings (SSSR count). The highest BCUT2D eigenvalue weighted by Gasteiger charge is 2.47. The largest absolute Gasteiger partial charge is 0.416 e. The number of carbonyl (C=O) groups excluding carboxylic acids is 1. The van der Waals surface area contributed by atoms with Crippen molar-refractivity contribution in [2.75, 3.05) is 6.61 Å². The third-order valence-corrected chi connectivity index (χ3v) is 4.61. The zero-order valence-corrected chi connectivity index (χ0v) is 15.1. The van der Waals surface area contributed by atoms with Crippen LogP contribution in [0, 0.1) is 0 Å². The lowest BCUT2D eigenvalue weighted by molar-refractivity contribution is -0.143. The number of halogens is 6. The van der Waals surface area contributed by atoms with E-state index in [1.54, 1.807) is 30.3 Å². The smallest absolute Gasteiger partial charge is 0.374 e. The number of hydrogen-bond donors (Lipinski definition) is 3. The summed E-state index contributed by atoms with van der Waals surface area (Å²) in [7, 11) is 0. The Morgan fingerprint density at radius 3 is 2.00 bits per heavy atom. The summed E-state index contributed by atoms with van der Waals surface area (Å²) in [5, 5.41) is 15.0. The fourth-order valence-corrected chi connectivity index (χ4v) is 3.15. The van der Waals surface area contributed by atoms with Gasteiger partial charge in [-0.25, -0.2) is 4.79 Å². The van der Waals surface area contributed by atoms with Crippen molar-refractivity contribution in [1.82, 2.24) is 10.6 Å². The summed E-state index contributed by atoms with van der Waals surface area (Å²) in [5.74, 6) is 0. The van der Waals surface area contributed by atoms with Crippen molar-refractivity contribution in [1.29, 1.82) is 0 Å². The van der Waals surface area contributed by atoms with Gasteiger partial charge in [0.1, 0.15) is 5.54 Å². The van der Waals surface area contributed by atoms with Crippen LogP contribution in [0.1, 0.15) is 22.3 Å². The third kappa shape index (κ3) is 4.51. The molecule has 0 aliphatic carbocycles. The van der Waals surface area contributed by atoms with Gasteiger partial charge >= 0.3 is 18.4 Å². The highest BCUT2D eigenvalue weighted by atomic mass is 19.4. The van der Waals surface area contributed by atoms with Crippen molar-refractivity contribution in [3.05, 3.63) is 70.8 Å². The highest BCUT2D eigenvalue weighted by molar-refractivity contribution is 5.78. The van der Waals surface area contributed by atoms with Crippen molar-refractivity contribution in [2.45, 2.75) is 30.7 Å². The van der Waals surface area contributed by atoms with Crippen molar-refractivity contribution in [2.24, 2.45) is 0 Å². The molecule has 0 unspecified atom stereocenters. The molecule has 1 saturated heterocycles. The predicted octanol–water partition coefficient (Wildman–Crippen LogP) is 3.77. The van der Waals surface area contributed by atoms with Crippen LogP contribution in [0.25, 0.3) is 0 Å². The Morgan fingerprint density at radius 2 is 1.53 bits per heavy atom. The molecule has 0 saturated carbocycles. The number of ether oxygens (including phenoxy) is 1. The normalized spacial score (nSPS) is 22.0. The average molecular weight is 434 g/mol. The molecule has 1 heterocycles.